The minimum Gasteiger partial charge on any atom is -0.493 e. The third-order valence-corrected chi connectivity index (χ3v) is 4.05. The molecule has 0 saturated carbocycles. The minimum atomic E-state index is 0.137. The zero-order valence-electron chi connectivity index (χ0n) is 14.3. The van der Waals surface area contributed by atoms with Crippen molar-refractivity contribution in [2.45, 2.75) is 26.3 Å². The van der Waals surface area contributed by atoms with Crippen LogP contribution in [0.25, 0.3) is 0 Å². The van der Waals surface area contributed by atoms with E-state index in [1.807, 2.05) is 18.2 Å². The van der Waals surface area contributed by atoms with E-state index < -0.39 is 0 Å². The highest BCUT2D eigenvalue weighted by atomic mass is 35.5. The molecule has 5 heteroatoms. The van der Waals surface area contributed by atoms with E-state index in [2.05, 4.69) is 37.7 Å². The molecule has 126 valence electrons. The number of halogens is 1. The summed E-state index contributed by atoms with van der Waals surface area (Å²) in [6.07, 6.45) is 0.994. The summed E-state index contributed by atoms with van der Waals surface area (Å²) in [7, 11) is 4.14. The van der Waals surface area contributed by atoms with Crippen molar-refractivity contribution in [1.82, 2.24) is 9.80 Å². The first-order valence-electron chi connectivity index (χ1n) is 8.04. The summed E-state index contributed by atoms with van der Waals surface area (Å²) >= 11 is 6.19. The molecule has 1 atom stereocenters. The van der Waals surface area contributed by atoms with Gasteiger partial charge in [0.1, 0.15) is 5.75 Å². The lowest BCUT2D eigenvalue weighted by Crippen LogP contribution is -2.33. The van der Waals surface area contributed by atoms with Crippen molar-refractivity contribution in [1.29, 1.82) is 0 Å². The van der Waals surface area contributed by atoms with E-state index in [1.165, 1.54) is 0 Å². The summed E-state index contributed by atoms with van der Waals surface area (Å²) in [4.78, 5) is 4.49. The molecule has 0 radical (unpaired) electrons. The number of likely N-dealkylation sites (N-methyl/N-ethyl adjacent to an activating group) is 1. The van der Waals surface area contributed by atoms with E-state index in [-0.39, 0.29) is 6.04 Å². The number of nitrogens with two attached hydrogens (primary N) is 1. The molecular weight excluding hydrogens is 298 g/mol. The minimum absolute atomic E-state index is 0.137. The van der Waals surface area contributed by atoms with Crippen molar-refractivity contribution >= 4 is 11.6 Å². The van der Waals surface area contributed by atoms with Gasteiger partial charge in [-0.05, 0) is 51.8 Å². The van der Waals surface area contributed by atoms with Gasteiger partial charge in [-0.3, -0.25) is 4.90 Å². The molecule has 4 nitrogen and oxygen atoms in total. The van der Waals surface area contributed by atoms with E-state index in [0.717, 1.165) is 42.4 Å². The smallest absolute Gasteiger partial charge is 0.124 e. The Hall–Kier alpha value is -0.810. The molecule has 0 heterocycles. The number of benzene rings is 1. The van der Waals surface area contributed by atoms with Crippen molar-refractivity contribution in [3.8, 4) is 5.75 Å². The van der Waals surface area contributed by atoms with Crippen molar-refractivity contribution in [3.05, 3.63) is 28.8 Å². The molecule has 1 unspecified atom stereocenters. The van der Waals surface area contributed by atoms with Gasteiger partial charge < -0.3 is 15.4 Å². The van der Waals surface area contributed by atoms with E-state index in [9.17, 15) is 0 Å². The van der Waals surface area contributed by atoms with Crippen LogP contribution < -0.4 is 10.5 Å². The molecule has 2 N–H and O–H groups in total. The highest BCUT2D eigenvalue weighted by molar-refractivity contribution is 6.30. The summed E-state index contributed by atoms with van der Waals surface area (Å²) in [5, 5.41) is 0.723. The Morgan fingerprint density at radius 3 is 2.45 bits per heavy atom. The van der Waals surface area contributed by atoms with Crippen molar-refractivity contribution in [3.63, 3.8) is 0 Å². The number of hydrogen-bond donors (Lipinski definition) is 1. The Kier molecular flexibility index (Phi) is 8.79. The molecular formula is C17H30ClN3O. The molecule has 0 spiro atoms. The maximum atomic E-state index is 6.19. The van der Waals surface area contributed by atoms with Crippen molar-refractivity contribution in [2.75, 3.05) is 46.9 Å². The fourth-order valence-corrected chi connectivity index (χ4v) is 2.79. The molecule has 22 heavy (non-hydrogen) atoms. The highest BCUT2D eigenvalue weighted by Gasteiger charge is 2.20. The molecule has 0 aliphatic carbocycles. The van der Waals surface area contributed by atoms with Crippen LogP contribution in [0.3, 0.4) is 0 Å². The summed E-state index contributed by atoms with van der Waals surface area (Å²) < 4.78 is 6.00. The van der Waals surface area contributed by atoms with E-state index in [4.69, 9.17) is 22.1 Å². The lowest BCUT2D eigenvalue weighted by Gasteiger charge is -2.30. The van der Waals surface area contributed by atoms with Crippen LogP contribution in [0, 0.1) is 0 Å². The van der Waals surface area contributed by atoms with Gasteiger partial charge in [-0.15, -0.1) is 0 Å². The summed E-state index contributed by atoms with van der Waals surface area (Å²) in [5.74, 6) is 0.894. The fourth-order valence-electron chi connectivity index (χ4n) is 2.61. The van der Waals surface area contributed by atoms with Gasteiger partial charge in [0.05, 0.1) is 12.6 Å². The van der Waals surface area contributed by atoms with Gasteiger partial charge in [-0.25, -0.2) is 0 Å². The molecule has 0 bridgehead atoms. The van der Waals surface area contributed by atoms with Crippen LogP contribution in [0.5, 0.6) is 5.75 Å². The van der Waals surface area contributed by atoms with Crippen LogP contribution in [0.2, 0.25) is 5.02 Å². The molecule has 1 aromatic rings. The summed E-state index contributed by atoms with van der Waals surface area (Å²) in [6.45, 7) is 8.45. The first-order chi connectivity index (χ1) is 10.5. The van der Waals surface area contributed by atoms with E-state index in [1.54, 1.807) is 0 Å². The molecule has 0 aliphatic heterocycles. The van der Waals surface area contributed by atoms with Gasteiger partial charge in [-0.2, -0.15) is 0 Å². The lowest BCUT2D eigenvalue weighted by atomic mass is 10.0. The quantitative estimate of drug-likeness (QED) is 0.671. The molecule has 0 aliphatic rings. The second-order valence-corrected chi connectivity index (χ2v) is 6.10. The first kappa shape index (κ1) is 19.2. The third-order valence-electron chi connectivity index (χ3n) is 3.81. The topological polar surface area (TPSA) is 41.7 Å². The van der Waals surface area contributed by atoms with E-state index in [0.29, 0.717) is 13.2 Å². The number of nitrogens with zero attached hydrogens (tertiary/aromatic N) is 2. The van der Waals surface area contributed by atoms with Crippen molar-refractivity contribution in [2.24, 2.45) is 5.73 Å². The predicted molar refractivity (Wildman–Crippen MR) is 94.8 cm³/mol. The van der Waals surface area contributed by atoms with Crippen LogP contribution in [0.4, 0.5) is 0 Å². The molecule has 0 fully saturated rings. The molecule has 1 rings (SSSR count). The SMILES string of the molecule is CCN(CC)C(CN)c1cc(Cl)ccc1OCCCN(C)C. The second kappa shape index (κ2) is 10.1. The van der Waals surface area contributed by atoms with Gasteiger partial charge in [0.25, 0.3) is 0 Å². The number of rotatable bonds is 10. The second-order valence-electron chi connectivity index (χ2n) is 5.66. The van der Waals surface area contributed by atoms with Crippen molar-refractivity contribution < 1.29 is 4.74 Å². The third kappa shape index (κ3) is 5.76. The van der Waals surface area contributed by atoms with Gasteiger partial charge in [0, 0.05) is 23.7 Å². The van der Waals surface area contributed by atoms with Crippen LogP contribution in [-0.4, -0.2) is 56.7 Å². The number of ether oxygens (including phenoxy) is 1. The maximum absolute atomic E-state index is 6.19. The Bertz CT molecular complexity index is 436. The van der Waals surface area contributed by atoms with Crippen LogP contribution in [-0.2, 0) is 0 Å². The molecule has 0 aromatic heterocycles. The zero-order chi connectivity index (χ0) is 16.5. The molecule has 1 aromatic carbocycles. The maximum Gasteiger partial charge on any atom is 0.124 e. The Balaban J connectivity index is 2.88. The predicted octanol–water partition coefficient (Wildman–Crippen LogP) is 3.01. The van der Waals surface area contributed by atoms with Gasteiger partial charge in [0.2, 0.25) is 0 Å². The van der Waals surface area contributed by atoms with E-state index >= 15 is 0 Å². The van der Waals surface area contributed by atoms with Gasteiger partial charge in [0.15, 0.2) is 0 Å². The average molecular weight is 328 g/mol. The fraction of sp³-hybridized carbons (Fsp3) is 0.647. The molecule has 0 saturated heterocycles. The van der Waals surface area contributed by atoms with Gasteiger partial charge in [-0.1, -0.05) is 25.4 Å². The monoisotopic (exact) mass is 327 g/mol. The van der Waals surface area contributed by atoms with Crippen LogP contribution in [0.15, 0.2) is 18.2 Å². The Morgan fingerprint density at radius 1 is 1.23 bits per heavy atom. The first-order valence-corrected chi connectivity index (χ1v) is 8.42. The Labute approximate surface area is 140 Å². The number of hydrogen-bond acceptors (Lipinski definition) is 4. The Morgan fingerprint density at radius 2 is 1.91 bits per heavy atom. The van der Waals surface area contributed by atoms with Crippen LogP contribution in [0.1, 0.15) is 31.9 Å². The normalized spacial score (nSPS) is 12.9. The highest BCUT2D eigenvalue weighted by Crippen LogP contribution is 2.31. The largest absolute Gasteiger partial charge is 0.493 e. The molecule has 0 amide bonds. The average Bonchev–Trinajstić information content (AvgIpc) is 2.50. The van der Waals surface area contributed by atoms with Crippen LogP contribution >= 0.6 is 11.6 Å². The summed E-state index contributed by atoms with van der Waals surface area (Å²) in [6, 6.07) is 5.96. The van der Waals surface area contributed by atoms with Gasteiger partial charge >= 0.3 is 0 Å². The lowest BCUT2D eigenvalue weighted by molar-refractivity contribution is 0.214. The zero-order valence-corrected chi connectivity index (χ0v) is 15.1. The standard InChI is InChI=1S/C17H30ClN3O/c1-5-21(6-2)16(13-19)15-12-14(18)8-9-17(15)22-11-7-10-20(3)4/h8-9,12,16H,5-7,10-11,13,19H2,1-4H3. The summed E-state index contributed by atoms with van der Waals surface area (Å²) in [5.41, 5.74) is 7.11.